The average Bonchev–Trinajstić information content (AvgIpc) is 2.65. The number of rotatable bonds is 18. The van der Waals surface area contributed by atoms with E-state index >= 15 is 0 Å². The molecule has 0 aliphatic carbocycles. The van der Waals surface area contributed by atoms with Crippen molar-refractivity contribution in [2.75, 3.05) is 13.7 Å². The van der Waals surface area contributed by atoms with E-state index in [0.29, 0.717) is 6.61 Å². The van der Waals surface area contributed by atoms with Gasteiger partial charge in [-0.1, -0.05) is 97.3 Å². The SMILES string of the molecule is CCC(C)(O)OS(=O)(=O)OC.CCCCCCCCCCCCCCCCO. The van der Waals surface area contributed by atoms with Crippen molar-refractivity contribution in [2.45, 2.75) is 123 Å². The van der Waals surface area contributed by atoms with Crippen LogP contribution in [0, 0.1) is 0 Å². The fourth-order valence-electron chi connectivity index (χ4n) is 2.62. The Labute approximate surface area is 174 Å². The Balaban J connectivity index is 0. The molecule has 1 unspecified atom stereocenters. The summed E-state index contributed by atoms with van der Waals surface area (Å²) in [6.45, 7) is 5.48. The molecule has 2 N–H and O–H groups in total. The summed E-state index contributed by atoms with van der Waals surface area (Å²) in [5.74, 6) is -1.69. The highest BCUT2D eigenvalue weighted by Gasteiger charge is 2.26. The second-order valence-corrected chi connectivity index (χ2v) is 8.82. The summed E-state index contributed by atoms with van der Waals surface area (Å²) in [6, 6.07) is 0. The largest absolute Gasteiger partial charge is 0.402 e. The van der Waals surface area contributed by atoms with Gasteiger partial charge in [-0.05, 0) is 19.8 Å². The van der Waals surface area contributed by atoms with E-state index in [9.17, 15) is 8.42 Å². The van der Waals surface area contributed by atoms with Crippen LogP contribution >= 0.6 is 0 Å². The number of unbranched alkanes of at least 4 members (excludes halogenated alkanes) is 13. The van der Waals surface area contributed by atoms with E-state index in [1.165, 1.54) is 90.4 Å². The lowest BCUT2D eigenvalue weighted by molar-refractivity contribution is -0.125. The van der Waals surface area contributed by atoms with Crippen molar-refractivity contribution in [3.8, 4) is 0 Å². The third-order valence-electron chi connectivity index (χ3n) is 4.65. The van der Waals surface area contributed by atoms with Crippen molar-refractivity contribution in [1.29, 1.82) is 0 Å². The second-order valence-electron chi connectivity index (χ2n) is 7.51. The number of aliphatic hydroxyl groups excluding tert-OH is 1. The zero-order valence-electron chi connectivity index (χ0n) is 18.7. The molecule has 172 valence electrons. The molecule has 0 amide bonds. The van der Waals surface area contributed by atoms with Crippen molar-refractivity contribution in [1.82, 2.24) is 0 Å². The highest BCUT2D eigenvalue weighted by Crippen LogP contribution is 2.14. The molecule has 6 nitrogen and oxygen atoms in total. The van der Waals surface area contributed by atoms with Gasteiger partial charge in [-0.25, -0.2) is 4.18 Å². The van der Waals surface area contributed by atoms with Crippen LogP contribution in [-0.4, -0.2) is 38.1 Å². The van der Waals surface area contributed by atoms with Crippen molar-refractivity contribution in [3.63, 3.8) is 0 Å². The van der Waals surface area contributed by atoms with Gasteiger partial charge in [0.15, 0.2) is 5.79 Å². The maximum Gasteiger partial charge on any atom is 0.402 e. The van der Waals surface area contributed by atoms with Gasteiger partial charge in [-0.2, -0.15) is 8.42 Å². The minimum absolute atomic E-state index is 0.162. The Hall–Kier alpha value is -0.210. The Morgan fingerprint density at radius 2 is 1.11 bits per heavy atom. The summed E-state index contributed by atoms with van der Waals surface area (Å²) >= 11 is 0. The average molecular weight is 427 g/mol. The summed E-state index contributed by atoms with van der Waals surface area (Å²) in [5.41, 5.74) is 0. The normalized spacial score (nSPS) is 13.6. The fraction of sp³-hybridized carbons (Fsp3) is 1.00. The van der Waals surface area contributed by atoms with Crippen LogP contribution in [0.4, 0.5) is 0 Å². The first kappa shape index (κ1) is 30.0. The summed E-state index contributed by atoms with van der Waals surface area (Å²) in [6.07, 6.45) is 19.4. The van der Waals surface area contributed by atoms with E-state index in [1.807, 2.05) is 0 Å². The van der Waals surface area contributed by atoms with Crippen molar-refractivity contribution >= 4 is 10.4 Å². The number of hydrogen-bond acceptors (Lipinski definition) is 6. The number of hydrogen-bond donors (Lipinski definition) is 2. The van der Waals surface area contributed by atoms with E-state index in [1.54, 1.807) is 6.92 Å². The Kier molecular flexibility index (Phi) is 21.5. The predicted octanol–water partition coefficient (Wildman–Crippen LogP) is 5.47. The summed E-state index contributed by atoms with van der Waals surface area (Å²) < 4.78 is 29.3. The van der Waals surface area contributed by atoms with Crippen LogP contribution in [0.3, 0.4) is 0 Å². The highest BCUT2D eigenvalue weighted by atomic mass is 32.3. The zero-order valence-corrected chi connectivity index (χ0v) is 19.6. The molecule has 1 atom stereocenters. The monoisotopic (exact) mass is 426 g/mol. The molecule has 0 aliphatic rings. The lowest BCUT2D eigenvalue weighted by Gasteiger charge is -2.19. The minimum atomic E-state index is -4.04. The van der Waals surface area contributed by atoms with Gasteiger partial charge in [-0.15, -0.1) is 0 Å². The standard InChI is InChI=1S/C16H34O.C5H12O5S/c1-2-3-4-5-6-7-8-9-10-11-12-13-14-15-16-17;1-4-5(2,6)10-11(7,8)9-3/h17H,2-16H2,1H3;6H,4H2,1-3H3. The first-order valence-electron chi connectivity index (χ1n) is 11.1. The molecule has 7 heteroatoms. The van der Waals surface area contributed by atoms with Gasteiger partial charge in [0.25, 0.3) is 0 Å². The van der Waals surface area contributed by atoms with Crippen LogP contribution in [0.25, 0.3) is 0 Å². The van der Waals surface area contributed by atoms with Gasteiger partial charge in [0.1, 0.15) is 0 Å². The first-order valence-corrected chi connectivity index (χ1v) is 12.4. The van der Waals surface area contributed by atoms with E-state index < -0.39 is 16.2 Å². The van der Waals surface area contributed by atoms with Crippen LogP contribution in [-0.2, 0) is 18.8 Å². The van der Waals surface area contributed by atoms with E-state index in [-0.39, 0.29) is 6.42 Å². The minimum Gasteiger partial charge on any atom is -0.396 e. The van der Waals surface area contributed by atoms with E-state index in [0.717, 1.165) is 13.5 Å². The van der Waals surface area contributed by atoms with Gasteiger partial charge in [0.2, 0.25) is 0 Å². The van der Waals surface area contributed by atoms with E-state index in [2.05, 4.69) is 15.3 Å². The molecule has 0 heterocycles. The molecule has 0 spiro atoms. The third kappa shape index (κ3) is 23.8. The zero-order chi connectivity index (χ0) is 21.7. The van der Waals surface area contributed by atoms with Gasteiger partial charge in [0.05, 0.1) is 7.11 Å². The van der Waals surface area contributed by atoms with Crippen molar-refractivity contribution in [2.24, 2.45) is 0 Å². The molecule has 0 saturated carbocycles. The first-order chi connectivity index (χ1) is 13.2. The van der Waals surface area contributed by atoms with Crippen molar-refractivity contribution < 1.29 is 27.0 Å². The van der Waals surface area contributed by atoms with Crippen LogP contribution in [0.2, 0.25) is 0 Å². The third-order valence-corrected chi connectivity index (χ3v) is 5.62. The molecule has 0 aliphatic heterocycles. The van der Waals surface area contributed by atoms with Crippen LogP contribution in [0.1, 0.15) is 117 Å². The summed E-state index contributed by atoms with van der Waals surface area (Å²) in [4.78, 5) is 0. The van der Waals surface area contributed by atoms with Crippen LogP contribution in [0.5, 0.6) is 0 Å². The molecule has 0 fully saturated rings. The maximum absolute atomic E-state index is 10.6. The maximum atomic E-state index is 10.6. The lowest BCUT2D eigenvalue weighted by atomic mass is 10.0. The lowest BCUT2D eigenvalue weighted by Crippen LogP contribution is -2.30. The van der Waals surface area contributed by atoms with Gasteiger partial charge in [0, 0.05) is 6.61 Å². The predicted molar refractivity (Wildman–Crippen MR) is 115 cm³/mol. The molecule has 28 heavy (non-hydrogen) atoms. The molecule has 0 aromatic rings. The van der Waals surface area contributed by atoms with E-state index in [4.69, 9.17) is 10.2 Å². The topological polar surface area (TPSA) is 93.1 Å². The summed E-state index contributed by atoms with van der Waals surface area (Å²) in [7, 11) is -3.08. The fourth-order valence-corrected chi connectivity index (χ4v) is 3.24. The Morgan fingerprint density at radius 1 is 0.750 bits per heavy atom. The molecule has 0 bridgehead atoms. The molecule has 0 saturated heterocycles. The molecule has 0 aromatic carbocycles. The molecular weight excluding hydrogens is 380 g/mol. The van der Waals surface area contributed by atoms with Crippen molar-refractivity contribution in [3.05, 3.63) is 0 Å². The smallest absolute Gasteiger partial charge is 0.396 e. The van der Waals surface area contributed by atoms with Gasteiger partial charge >= 0.3 is 10.4 Å². The second kappa shape index (κ2) is 20.1. The van der Waals surface area contributed by atoms with Gasteiger partial charge < -0.3 is 10.2 Å². The van der Waals surface area contributed by atoms with Crippen LogP contribution < -0.4 is 0 Å². The molecule has 0 radical (unpaired) electrons. The summed E-state index contributed by atoms with van der Waals surface area (Å²) in [5, 5.41) is 17.8. The quantitative estimate of drug-likeness (QED) is 0.223. The Morgan fingerprint density at radius 3 is 1.39 bits per heavy atom. The highest BCUT2D eigenvalue weighted by molar-refractivity contribution is 7.81. The Bertz CT molecular complexity index is 395. The molecule has 0 aromatic heterocycles. The molecular formula is C21H46O6S. The number of aliphatic hydroxyl groups is 2. The van der Waals surface area contributed by atoms with Crippen LogP contribution in [0.15, 0.2) is 0 Å². The molecule has 0 rings (SSSR count). The van der Waals surface area contributed by atoms with Gasteiger partial charge in [-0.3, -0.25) is 4.18 Å².